The fourth-order valence-electron chi connectivity index (χ4n) is 2.42. The van der Waals surface area contributed by atoms with Crippen LogP contribution < -0.4 is 4.90 Å². The molecule has 1 fully saturated rings. The summed E-state index contributed by atoms with van der Waals surface area (Å²) in [5.41, 5.74) is 2.72. The van der Waals surface area contributed by atoms with Crippen LogP contribution in [-0.2, 0) is 0 Å². The molecule has 1 nitrogen and oxygen atoms in total. The Morgan fingerprint density at radius 1 is 1.00 bits per heavy atom. The quantitative estimate of drug-likeness (QED) is 0.654. The van der Waals surface area contributed by atoms with Crippen LogP contribution in [0.3, 0.4) is 0 Å². The van der Waals surface area contributed by atoms with Gasteiger partial charge in [0.15, 0.2) is 0 Å². The SMILES string of the molecule is Cc1ccc(N2C(C)CC[C@@H]2C)cc1. The molecule has 2 rings (SSSR count). The third-order valence-electron chi connectivity index (χ3n) is 3.28. The molecule has 14 heavy (non-hydrogen) atoms. The normalized spacial score (nSPS) is 26.9. The minimum absolute atomic E-state index is 0.702. The summed E-state index contributed by atoms with van der Waals surface area (Å²) >= 11 is 0. The van der Waals surface area contributed by atoms with Gasteiger partial charge in [0, 0.05) is 17.8 Å². The van der Waals surface area contributed by atoms with Gasteiger partial charge in [-0.15, -0.1) is 0 Å². The molecule has 1 aliphatic heterocycles. The van der Waals surface area contributed by atoms with Gasteiger partial charge in [0.2, 0.25) is 0 Å². The number of nitrogens with zero attached hydrogens (tertiary/aromatic N) is 1. The van der Waals surface area contributed by atoms with Gasteiger partial charge in [0.05, 0.1) is 0 Å². The van der Waals surface area contributed by atoms with E-state index in [1.54, 1.807) is 0 Å². The van der Waals surface area contributed by atoms with Crippen LogP contribution in [0.2, 0.25) is 0 Å². The Balaban J connectivity index is 2.25. The Morgan fingerprint density at radius 3 is 2.00 bits per heavy atom. The maximum Gasteiger partial charge on any atom is 0.0371 e. The van der Waals surface area contributed by atoms with Crippen LogP contribution in [0, 0.1) is 6.92 Å². The Bertz CT molecular complexity index is 292. The number of hydrogen-bond acceptors (Lipinski definition) is 1. The van der Waals surface area contributed by atoms with Gasteiger partial charge in [0.1, 0.15) is 0 Å². The van der Waals surface area contributed by atoms with Crippen molar-refractivity contribution in [1.82, 2.24) is 0 Å². The van der Waals surface area contributed by atoms with Crippen LogP contribution in [0.15, 0.2) is 24.3 Å². The van der Waals surface area contributed by atoms with Crippen LogP contribution in [0.5, 0.6) is 0 Å². The topological polar surface area (TPSA) is 3.24 Å². The number of rotatable bonds is 1. The van der Waals surface area contributed by atoms with Gasteiger partial charge < -0.3 is 4.90 Å². The minimum atomic E-state index is 0.702. The van der Waals surface area contributed by atoms with Crippen molar-refractivity contribution in [3.63, 3.8) is 0 Å². The lowest BCUT2D eigenvalue weighted by molar-refractivity contribution is 0.694. The summed E-state index contributed by atoms with van der Waals surface area (Å²) in [5, 5.41) is 0. The molecule has 1 heterocycles. The molecule has 0 saturated carbocycles. The highest BCUT2D eigenvalue weighted by molar-refractivity contribution is 5.50. The highest BCUT2D eigenvalue weighted by Crippen LogP contribution is 2.29. The van der Waals surface area contributed by atoms with Gasteiger partial charge in [-0.3, -0.25) is 0 Å². The first-order valence-electron chi connectivity index (χ1n) is 5.53. The number of aryl methyl sites for hydroxylation is 1. The number of hydrogen-bond donors (Lipinski definition) is 0. The second-order valence-corrected chi connectivity index (χ2v) is 4.52. The number of anilines is 1. The fraction of sp³-hybridized carbons (Fsp3) is 0.538. The van der Waals surface area contributed by atoms with Gasteiger partial charge in [-0.2, -0.15) is 0 Å². The summed E-state index contributed by atoms with van der Waals surface area (Å²) in [6.45, 7) is 6.79. The van der Waals surface area contributed by atoms with Crippen molar-refractivity contribution >= 4 is 5.69 Å². The Morgan fingerprint density at radius 2 is 1.50 bits per heavy atom. The molecule has 0 aromatic heterocycles. The molecule has 2 atom stereocenters. The van der Waals surface area contributed by atoms with Gasteiger partial charge >= 0.3 is 0 Å². The molecule has 1 heteroatoms. The van der Waals surface area contributed by atoms with Gasteiger partial charge in [0.25, 0.3) is 0 Å². The predicted molar refractivity (Wildman–Crippen MR) is 61.8 cm³/mol. The lowest BCUT2D eigenvalue weighted by atomic mass is 10.2. The molecule has 0 N–H and O–H groups in total. The maximum absolute atomic E-state index is 2.54. The zero-order valence-electron chi connectivity index (χ0n) is 9.33. The summed E-state index contributed by atoms with van der Waals surface area (Å²) in [5.74, 6) is 0. The summed E-state index contributed by atoms with van der Waals surface area (Å²) in [4.78, 5) is 2.54. The second kappa shape index (κ2) is 3.64. The highest BCUT2D eigenvalue weighted by atomic mass is 15.2. The molecule has 1 aromatic rings. The summed E-state index contributed by atoms with van der Waals surface area (Å²) in [7, 11) is 0. The van der Waals surface area contributed by atoms with E-state index >= 15 is 0 Å². The number of benzene rings is 1. The summed E-state index contributed by atoms with van der Waals surface area (Å²) < 4.78 is 0. The maximum atomic E-state index is 2.54. The zero-order chi connectivity index (χ0) is 10.1. The first kappa shape index (κ1) is 9.57. The molecule has 0 radical (unpaired) electrons. The monoisotopic (exact) mass is 189 g/mol. The van der Waals surface area contributed by atoms with Crippen LogP contribution in [-0.4, -0.2) is 12.1 Å². The molecule has 0 aliphatic carbocycles. The molecule has 0 bridgehead atoms. The van der Waals surface area contributed by atoms with E-state index in [2.05, 4.69) is 49.9 Å². The molecule has 1 aromatic carbocycles. The van der Waals surface area contributed by atoms with Crippen molar-refractivity contribution in [2.45, 2.75) is 45.7 Å². The smallest absolute Gasteiger partial charge is 0.0371 e. The largest absolute Gasteiger partial charge is 0.366 e. The van der Waals surface area contributed by atoms with E-state index in [4.69, 9.17) is 0 Å². The lowest BCUT2D eigenvalue weighted by Crippen LogP contribution is -2.32. The molecule has 76 valence electrons. The van der Waals surface area contributed by atoms with Gasteiger partial charge in [-0.25, -0.2) is 0 Å². The Labute approximate surface area is 86.7 Å². The Hall–Kier alpha value is -0.980. The zero-order valence-corrected chi connectivity index (χ0v) is 9.33. The molecule has 0 amide bonds. The minimum Gasteiger partial charge on any atom is -0.366 e. The molecule has 0 spiro atoms. The van der Waals surface area contributed by atoms with E-state index in [1.807, 2.05) is 0 Å². The molecule has 1 unspecified atom stereocenters. The van der Waals surface area contributed by atoms with E-state index in [9.17, 15) is 0 Å². The van der Waals surface area contributed by atoms with Crippen molar-refractivity contribution in [3.8, 4) is 0 Å². The first-order chi connectivity index (χ1) is 6.68. The van der Waals surface area contributed by atoms with E-state index in [1.165, 1.54) is 24.1 Å². The van der Waals surface area contributed by atoms with Crippen LogP contribution in [0.4, 0.5) is 5.69 Å². The summed E-state index contributed by atoms with van der Waals surface area (Å²) in [6.07, 6.45) is 2.66. The van der Waals surface area contributed by atoms with Crippen molar-refractivity contribution in [1.29, 1.82) is 0 Å². The third-order valence-corrected chi connectivity index (χ3v) is 3.28. The summed E-state index contributed by atoms with van der Waals surface area (Å²) in [6, 6.07) is 10.3. The molecular formula is C13H19N. The average molecular weight is 189 g/mol. The van der Waals surface area contributed by atoms with Crippen molar-refractivity contribution in [3.05, 3.63) is 29.8 Å². The van der Waals surface area contributed by atoms with Gasteiger partial charge in [-0.05, 0) is 45.7 Å². The molecule has 1 saturated heterocycles. The third kappa shape index (κ3) is 1.63. The van der Waals surface area contributed by atoms with E-state index in [0.29, 0.717) is 12.1 Å². The van der Waals surface area contributed by atoms with Crippen molar-refractivity contribution < 1.29 is 0 Å². The Kier molecular flexibility index (Phi) is 2.49. The van der Waals surface area contributed by atoms with Crippen molar-refractivity contribution in [2.24, 2.45) is 0 Å². The first-order valence-corrected chi connectivity index (χ1v) is 5.53. The van der Waals surface area contributed by atoms with Crippen molar-refractivity contribution in [2.75, 3.05) is 4.90 Å². The average Bonchev–Trinajstić information content (AvgIpc) is 2.49. The van der Waals surface area contributed by atoms with Crippen LogP contribution in [0.1, 0.15) is 32.3 Å². The standard InChI is InChI=1S/C13H19N/c1-10-4-8-13(9-5-10)14-11(2)6-7-12(14)3/h4-5,8-9,11-12H,6-7H2,1-3H3/t11-,12?/m0/s1. The van der Waals surface area contributed by atoms with E-state index in [-0.39, 0.29) is 0 Å². The fourth-order valence-corrected chi connectivity index (χ4v) is 2.42. The van der Waals surface area contributed by atoms with Crippen LogP contribution >= 0.6 is 0 Å². The van der Waals surface area contributed by atoms with E-state index in [0.717, 1.165) is 0 Å². The predicted octanol–water partition coefficient (Wildman–Crippen LogP) is 3.37. The second-order valence-electron chi connectivity index (χ2n) is 4.52. The molecule has 1 aliphatic rings. The van der Waals surface area contributed by atoms with E-state index < -0.39 is 0 Å². The van der Waals surface area contributed by atoms with Crippen LogP contribution in [0.25, 0.3) is 0 Å². The molecular weight excluding hydrogens is 170 g/mol. The van der Waals surface area contributed by atoms with Gasteiger partial charge in [-0.1, -0.05) is 17.7 Å². The lowest BCUT2D eigenvalue weighted by Gasteiger charge is -2.28. The highest BCUT2D eigenvalue weighted by Gasteiger charge is 2.26.